The first-order chi connectivity index (χ1) is 13.5. The number of allylic oxidation sites excluding steroid dienone is 1. The summed E-state index contributed by atoms with van der Waals surface area (Å²) in [6, 6.07) is 18.9. The van der Waals surface area contributed by atoms with Gasteiger partial charge in [0.25, 0.3) is 0 Å². The summed E-state index contributed by atoms with van der Waals surface area (Å²) in [7, 11) is 0. The number of imidazole rings is 1. The zero-order valence-corrected chi connectivity index (χ0v) is 18.1. The van der Waals surface area contributed by atoms with Gasteiger partial charge in [0, 0.05) is 20.6 Å². The molecule has 2 heterocycles. The largest absolute Gasteiger partial charge is 0.337 e. The number of rotatable bonds is 3. The van der Waals surface area contributed by atoms with Crippen LogP contribution in [0.4, 0.5) is 0 Å². The Hall–Kier alpha value is -2.85. The van der Waals surface area contributed by atoms with E-state index in [1.54, 1.807) is 0 Å². The second-order valence-corrected chi connectivity index (χ2v) is 8.16. The molecule has 0 radical (unpaired) electrons. The second kappa shape index (κ2) is 7.28. The standard InChI is InChI=1S/C23H19IN4/c1-14-7-8-21-22(9-14)27-23(26-21)18(13-25)11-17-10-15(2)28(16(17)3)20-6-4-5-19(24)12-20/h4-12H,1-3H3,(H,26,27)/b18-11-. The van der Waals surface area contributed by atoms with Gasteiger partial charge in [-0.25, -0.2) is 4.98 Å². The fourth-order valence-electron chi connectivity index (χ4n) is 3.51. The quantitative estimate of drug-likeness (QED) is 0.292. The number of nitrogens with one attached hydrogen (secondary N) is 1. The third-order valence-electron chi connectivity index (χ3n) is 4.85. The van der Waals surface area contributed by atoms with E-state index in [0.717, 1.165) is 39.2 Å². The summed E-state index contributed by atoms with van der Waals surface area (Å²) >= 11 is 2.32. The van der Waals surface area contributed by atoms with Gasteiger partial charge in [-0.3, -0.25) is 0 Å². The maximum atomic E-state index is 9.75. The first-order valence-corrected chi connectivity index (χ1v) is 10.1. The van der Waals surface area contributed by atoms with Gasteiger partial charge in [-0.1, -0.05) is 12.1 Å². The molecule has 2 aromatic heterocycles. The first-order valence-electron chi connectivity index (χ1n) is 8.99. The Kier molecular flexibility index (Phi) is 4.82. The molecule has 2 aromatic carbocycles. The van der Waals surface area contributed by atoms with Crippen LogP contribution in [0.5, 0.6) is 0 Å². The summed E-state index contributed by atoms with van der Waals surface area (Å²) in [6.07, 6.45) is 1.91. The zero-order valence-electron chi connectivity index (χ0n) is 15.9. The van der Waals surface area contributed by atoms with E-state index in [9.17, 15) is 5.26 Å². The predicted molar refractivity (Wildman–Crippen MR) is 122 cm³/mol. The van der Waals surface area contributed by atoms with Crippen molar-refractivity contribution in [1.29, 1.82) is 5.26 Å². The first kappa shape index (κ1) is 18.5. The third kappa shape index (κ3) is 3.36. The van der Waals surface area contributed by atoms with Crippen molar-refractivity contribution in [3.8, 4) is 11.8 Å². The molecule has 0 aliphatic carbocycles. The Morgan fingerprint density at radius 1 is 1.14 bits per heavy atom. The van der Waals surface area contributed by atoms with Crippen LogP contribution in [0.2, 0.25) is 0 Å². The number of nitriles is 1. The number of H-pyrrole nitrogens is 1. The number of aromatic amines is 1. The molecular weight excluding hydrogens is 459 g/mol. The molecule has 0 unspecified atom stereocenters. The Balaban J connectivity index is 1.80. The summed E-state index contributed by atoms with van der Waals surface area (Å²) in [5, 5.41) is 9.75. The van der Waals surface area contributed by atoms with Crippen molar-refractivity contribution in [3.05, 3.63) is 80.4 Å². The molecule has 0 saturated heterocycles. The van der Waals surface area contributed by atoms with Gasteiger partial charge >= 0.3 is 0 Å². The highest BCUT2D eigenvalue weighted by atomic mass is 127. The normalized spacial score (nSPS) is 11.8. The van der Waals surface area contributed by atoms with Crippen LogP contribution >= 0.6 is 22.6 Å². The predicted octanol–water partition coefficient (Wildman–Crippen LogP) is 5.95. The Morgan fingerprint density at radius 3 is 2.71 bits per heavy atom. The number of aromatic nitrogens is 3. The molecule has 0 fully saturated rings. The Morgan fingerprint density at radius 2 is 1.96 bits per heavy atom. The lowest BCUT2D eigenvalue weighted by Gasteiger charge is -2.10. The van der Waals surface area contributed by atoms with Gasteiger partial charge in [0.2, 0.25) is 0 Å². The molecule has 0 aliphatic heterocycles. The Labute approximate surface area is 177 Å². The average Bonchev–Trinajstić information content (AvgIpc) is 3.19. The maximum absolute atomic E-state index is 9.75. The molecule has 0 atom stereocenters. The molecule has 5 heteroatoms. The molecule has 28 heavy (non-hydrogen) atoms. The van der Waals surface area contributed by atoms with Crippen LogP contribution in [0.3, 0.4) is 0 Å². The minimum Gasteiger partial charge on any atom is -0.337 e. The molecule has 4 nitrogen and oxygen atoms in total. The fourth-order valence-corrected chi connectivity index (χ4v) is 4.03. The molecule has 0 aliphatic rings. The van der Waals surface area contributed by atoms with Gasteiger partial charge in [-0.05, 0) is 97.0 Å². The molecule has 4 aromatic rings. The zero-order chi connectivity index (χ0) is 19.8. The number of aryl methyl sites for hydroxylation is 2. The lowest BCUT2D eigenvalue weighted by Crippen LogP contribution is -1.99. The number of nitrogens with zero attached hydrogens (tertiary/aromatic N) is 3. The summed E-state index contributed by atoms with van der Waals surface area (Å²) in [5.41, 5.74) is 7.86. The van der Waals surface area contributed by atoms with E-state index in [0.29, 0.717) is 11.4 Å². The highest BCUT2D eigenvalue weighted by molar-refractivity contribution is 14.1. The highest BCUT2D eigenvalue weighted by Crippen LogP contribution is 2.26. The van der Waals surface area contributed by atoms with E-state index in [1.807, 2.05) is 31.2 Å². The van der Waals surface area contributed by atoms with E-state index in [2.05, 4.69) is 87.4 Å². The summed E-state index contributed by atoms with van der Waals surface area (Å²) in [6.45, 7) is 6.20. The second-order valence-electron chi connectivity index (χ2n) is 6.92. The van der Waals surface area contributed by atoms with Gasteiger partial charge in [0.15, 0.2) is 0 Å². The van der Waals surface area contributed by atoms with Crippen LogP contribution in [0.25, 0.3) is 28.4 Å². The number of fused-ring (bicyclic) bond motifs is 1. The minimum absolute atomic E-state index is 0.525. The van der Waals surface area contributed by atoms with Gasteiger partial charge in [0.1, 0.15) is 11.9 Å². The van der Waals surface area contributed by atoms with Gasteiger partial charge in [-0.15, -0.1) is 0 Å². The van der Waals surface area contributed by atoms with Crippen molar-refractivity contribution in [1.82, 2.24) is 14.5 Å². The SMILES string of the molecule is Cc1ccc2nc(/C(C#N)=C\c3cc(C)n(-c4cccc(I)c4)c3C)[nH]c2c1. The van der Waals surface area contributed by atoms with Crippen molar-refractivity contribution in [3.63, 3.8) is 0 Å². The van der Waals surface area contributed by atoms with E-state index < -0.39 is 0 Å². The molecule has 0 bridgehead atoms. The van der Waals surface area contributed by atoms with Gasteiger partial charge in [-0.2, -0.15) is 5.26 Å². The van der Waals surface area contributed by atoms with Crippen molar-refractivity contribution in [2.24, 2.45) is 0 Å². The summed E-state index contributed by atoms with van der Waals surface area (Å²) < 4.78 is 3.40. The molecule has 0 amide bonds. The van der Waals surface area contributed by atoms with Crippen LogP contribution in [-0.2, 0) is 0 Å². The number of halogens is 1. The van der Waals surface area contributed by atoms with Crippen LogP contribution < -0.4 is 0 Å². The lowest BCUT2D eigenvalue weighted by molar-refractivity contribution is 0.963. The number of benzene rings is 2. The molecular formula is C23H19IN4. The highest BCUT2D eigenvalue weighted by Gasteiger charge is 2.13. The third-order valence-corrected chi connectivity index (χ3v) is 5.52. The van der Waals surface area contributed by atoms with Crippen molar-refractivity contribution >= 4 is 45.3 Å². The van der Waals surface area contributed by atoms with Gasteiger partial charge < -0.3 is 9.55 Å². The number of hydrogen-bond acceptors (Lipinski definition) is 2. The summed E-state index contributed by atoms with van der Waals surface area (Å²) in [5.74, 6) is 0.599. The van der Waals surface area contributed by atoms with Crippen LogP contribution in [-0.4, -0.2) is 14.5 Å². The molecule has 0 saturated carbocycles. The topological polar surface area (TPSA) is 57.4 Å². The fraction of sp³-hybridized carbons (Fsp3) is 0.130. The molecule has 1 N–H and O–H groups in total. The van der Waals surface area contributed by atoms with E-state index in [1.165, 1.54) is 3.57 Å². The lowest BCUT2D eigenvalue weighted by atomic mass is 10.1. The molecule has 4 rings (SSSR count). The van der Waals surface area contributed by atoms with E-state index in [-0.39, 0.29) is 0 Å². The van der Waals surface area contributed by atoms with Crippen LogP contribution in [0, 0.1) is 35.7 Å². The monoisotopic (exact) mass is 478 g/mol. The van der Waals surface area contributed by atoms with Gasteiger partial charge in [0.05, 0.1) is 16.6 Å². The van der Waals surface area contributed by atoms with Crippen LogP contribution in [0.1, 0.15) is 28.3 Å². The molecule has 138 valence electrons. The summed E-state index contributed by atoms with van der Waals surface area (Å²) in [4.78, 5) is 7.87. The van der Waals surface area contributed by atoms with Crippen molar-refractivity contribution in [2.45, 2.75) is 20.8 Å². The maximum Gasteiger partial charge on any atom is 0.149 e. The van der Waals surface area contributed by atoms with Crippen molar-refractivity contribution < 1.29 is 0 Å². The van der Waals surface area contributed by atoms with E-state index in [4.69, 9.17) is 0 Å². The minimum atomic E-state index is 0.525. The average molecular weight is 478 g/mol. The molecule has 0 spiro atoms. The van der Waals surface area contributed by atoms with Crippen molar-refractivity contribution in [2.75, 3.05) is 0 Å². The van der Waals surface area contributed by atoms with E-state index >= 15 is 0 Å². The van der Waals surface area contributed by atoms with Crippen LogP contribution in [0.15, 0.2) is 48.5 Å². The smallest absolute Gasteiger partial charge is 0.149 e. The Bertz CT molecular complexity index is 1270. The number of hydrogen-bond donors (Lipinski definition) is 1.